The topological polar surface area (TPSA) is 20.3 Å². The van der Waals surface area contributed by atoms with Crippen LogP contribution in [0.1, 0.15) is 48.0 Å². The second-order valence-electron chi connectivity index (χ2n) is 6.92. The Balaban J connectivity index is 1.56. The Labute approximate surface area is 145 Å². The van der Waals surface area contributed by atoms with Gasteiger partial charge in [-0.1, -0.05) is 67.1 Å². The number of piperidine rings is 1. The van der Waals surface area contributed by atoms with Crippen LogP contribution in [0.5, 0.6) is 0 Å². The van der Waals surface area contributed by atoms with E-state index in [-0.39, 0.29) is 5.78 Å². The van der Waals surface area contributed by atoms with Gasteiger partial charge in [0.2, 0.25) is 0 Å². The molecule has 126 valence electrons. The fourth-order valence-electron chi connectivity index (χ4n) is 3.82. The highest BCUT2D eigenvalue weighted by Gasteiger charge is 2.28. The molecule has 1 fully saturated rings. The quantitative estimate of drug-likeness (QED) is 0.716. The van der Waals surface area contributed by atoms with Gasteiger partial charge in [0.25, 0.3) is 0 Å². The van der Waals surface area contributed by atoms with Gasteiger partial charge in [-0.05, 0) is 38.3 Å². The average molecular weight is 321 g/mol. The summed E-state index contributed by atoms with van der Waals surface area (Å²) in [6, 6.07) is 21.4. The number of benzene rings is 2. The highest BCUT2D eigenvalue weighted by Crippen LogP contribution is 2.27. The van der Waals surface area contributed by atoms with Crippen LogP contribution in [0.25, 0.3) is 0 Å². The number of carbonyl (C=O) groups excluding carboxylic acids is 1. The van der Waals surface area contributed by atoms with Crippen molar-refractivity contribution in [1.82, 2.24) is 4.90 Å². The normalized spacial score (nSPS) is 21.5. The van der Waals surface area contributed by atoms with E-state index < -0.39 is 0 Å². The van der Waals surface area contributed by atoms with Crippen molar-refractivity contribution in [3.8, 4) is 0 Å². The van der Waals surface area contributed by atoms with Crippen LogP contribution < -0.4 is 0 Å². The van der Waals surface area contributed by atoms with Crippen LogP contribution in [-0.4, -0.2) is 29.8 Å². The summed E-state index contributed by atoms with van der Waals surface area (Å²) in [5.74, 6) is 0.274. The lowest BCUT2D eigenvalue weighted by Crippen LogP contribution is -2.45. The largest absolute Gasteiger partial charge is 0.300 e. The number of Topliss-reactive ketones (excluding diaryl/α,β-unsaturated/α-hetero) is 1. The zero-order chi connectivity index (χ0) is 16.8. The molecular weight excluding hydrogens is 294 g/mol. The lowest BCUT2D eigenvalue weighted by atomic mass is 9.89. The summed E-state index contributed by atoms with van der Waals surface area (Å²) in [5, 5.41) is 0. The molecule has 1 aliphatic heterocycles. The molecule has 2 nitrogen and oxygen atoms in total. The van der Waals surface area contributed by atoms with Gasteiger partial charge >= 0.3 is 0 Å². The molecule has 0 bridgehead atoms. The zero-order valence-electron chi connectivity index (χ0n) is 14.5. The lowest BCUT2D eigenvalue weighted by Gasteiger charge is -2.39. The summed E-state index contributed by atoms with van der Waals surface area (Å²) in [4.78, 5) is 15.0. The summed E-state index contributed by atoms with van der Waals surface area (Å²) >= 11 is 0. The first kappa shape index (κ1) is 16.9. The van der Waals surface area contributed by atoms with Gasteiger partial charge < -0.3 is 4.90 Å². The number of ketones is 1. The Morgan fingerprint density at radius 3 is 2.29 bits per heavy atom. The maximum absolute atomic E-state index is 12.5. The zero-order valence-corrected chi connectivity index (χ0v) is 14.5. The Bertz CT molecular complexity index is 638. The van der Waals surface area contributed by atoms with E-state index in [1.807, 2.05) is 30.3 Å². The lowest BCUT2D eigenvalue weighted by molar-refractivity contribution is 0.0786. The van der Waals surface area contributed by atoms with Crippen LogP contribution in [0.15, 0.2) is 60.7 Å². The molecule has 0 radical (unpaired) electrons. The van der Waals surface area contributed by atoms with Crippen LogP contribution in [0, 0.1) is 0 Å². The number of nitrogens with zero attached hydrogens (tertiary/aromatic N) is 1. The minimum atomic E-state index is 0.274. The summed E-state index contributed by atoms with van der Waals surface area (Å²) < 4.78 is 0. The van der Waals surface area contributed by atoms with Crippen LogP contribution >= 0.6 is 0 Å². The molecular formula is C22H27NO. The third-order valence-corrected chi connectivity index (χ3v) is 5.35. The second-order valence-corrected chi connectivity index (χ2v) is 6.92. The Kier molecular flexibility index (Phi) is 5.81. The molecule has 0 aromatic heterocycles. The van der Waals surface area contributed by atoms with Crippen LogP contribution in [0.3, 0.4) is 0 Å². The Morgan fingerprint density at radius 2 is 1.58 bits per heavy atom. The van der Waals surface area contributed by atoms with Gasteiger partial charge in [0.15, 0.2) is 5.78 Å². The molecule has 1 saturated heterocycles. The maximum atomic E-state index is 12.5. The van der Waals surface area contributed by atoms with Crippen molar-refractivity contribution in [1.29, 1.82) is 0 Å². The molecule has 0 saturated carbocycles. The van der Waals surface area contributed by atoms with E-state index in [1.165, 1.54) is 24.8 Å². The van der Waals surface area contributed by atoms with Gasteiger partial charge in [-0.3, -0.25) is 4.79 Å². The van der Waals surface area contributed by atoms with Crippen molar-refractivity contribution in [2.45, 2.75) is 50.6 Å². The minimum absolute atomic E-state index is 0.274. The molecule has 1 heterocycles. The molecule has 1 unspecified atom stereocenters. The predicted molar refractivity (Wildman–Crippen MR) is 99.3 cm³/mol. The highest BCUT2D eigenvalue weighted by atomic mass is 16.1. The molecule has 3 rings (SSSR count). The van der Waals surface area contributed by atoms with Crippen LogP contribution in [-0.2, 0) is 6.42 Å². The molecule has 2 heteroatoms. The summed E-state index contributed by atoms with van der Waals surface area (Å²) in [6.45, 7) is 0. The standard InChI is InChI=1S/C22H27NO/c1-23-20(16-15-18-9-4-2-5-10-18)13-8-14-21(23)17-22(24)19-11-6-3-7-12-19/h2-7,9-12,20-21H,8,13-17H2,1H3/t20?,21-/m1/s1. The van der Waals surface area contributed by atoms with Crippen molar-refractivity contribution in [3.63, 3.8) is 0 Å². The summed E-state index contributed by atoms with van der Waals surface area (Å²) in [6.07, 6.45) is 6.56. The monoisotopic (exact) mass is 321 g/mol. The number of likely N-dealkylation sites (tertiary alicyclic amines) is 1. The van der Waals surface area contributed by atoms with Gasteiger partial charge in [0.1, 0.15) is 0 Å². The van der Waals surface area contributed by atoms with E-state index >= 15 is 0 Å². The van der Waals surface area contributed by atoms with E-state index in [1.54, 1.807) is 0 Å². The van der Waals surface area contributed by atoms with E-state index in [0.717, 1.165) is 18.4 Å². The third-order valence-electron chi connectivity index (χ3n) is 5.35. The first-order chi connectivity index (χ1) is 11.7. The fourth-order valence-corrected chi connectivity index (χ4v) is 3.82. The van der Waals surface area contributed by atoms with Gasteiger partial charge in [0, 0.05) is 24.1 Å². The number of hydrogen-bond donors (Lipinski definition) is 0. The van der Waals surface area contributed by atoms with Gasteiger partial charge in [0.05, 0.1) is 0 Å². The Hall–Kier alpha value is -1.93. The predicted octanol–water partition coefficient (Wildman–Crippen LogP) is 4.75. The number of rotatable bonds is 6. The third kappa shape index (κ3) is 4.33. The van der Waals surface area contributed by atoms with E-state index in [2.05, 4.69) is 42.3 Å². The first-order valence-electron chi connectivity index (χ1n) is 9.08. The van der Waals surface area contributed by atoms with Crippen molar-refractivity contribution in [2.75, 3.05) is 7.05 Å². The maximum Gasteiger partial charge on any atom is 0.164 e. The van der Waals surface area contributed by atoms with E-state index in [9.17, 15) is 4.79 Å². The summed E-state index contributed by atoms with van der Waals surface area (Å²) in [5.41, 5.74) is 2.26. The fraction of sp³-hybridized carbons (Fsp3) is 0.409. The molecule has 0 aliphatic carbocycles. The van der Waals surface area contributed by atoms with Crippen molar-refractivity contribution >= 4 is 5.78 Å². The van der Waals surface area contributed by atoms with E-state index in [4.69, 9.17) is 0 Å². The molecule has 0 amide bonds. The molecule has 24 heavy (non-hydrogen) atoms. The Morgan fingerprint density at radius 1 is 0.958 bits per heavy atom. The van der Waals surface area contributed by atoms with Crippen molar-refractivity contribution < 1.29 is 4.79 Å². The molecule has 0 spiro atoms. The first-order valence-corrected chi connectivity index (χ1v) is 9.08. The van der Waals surface area contributed by atoms with Gasteiger partial charge in [-0.25, -0.2) is 0 Å². The van der Waals surface area contributed by atoms with Crippen LogP contribution in [0.4, 0.5) is 0 Å². The number of hydrogen-bond acceptors (Lipinski definition) is 2. The average Bonchev–Trinajstić information content (AvgIpc) is 2.64. The number of carbonyl (C=O) groups is 1. The minimum Gasteiger partial charge on any atom is -0.300 e. The highest BCUT2D eigenvalue weighted by molar-refractivity contribution is 5.96. The molecule has 2 aromatic rings. The summed E-state index contributed by atoms with van der Waals surface area (Å²) in [7, 11) is 2.21. The molecule has 2 aromatic carbocycles. The molecule has 1 aliphatic rings. The van der Waals surface area contributed by atoms with Gasteiger partial charge in [-0.2, -0.15) is 0 Å². The second kappa shape index (κ2) is 8.25. The van der Waals surface area contributed by atoms with Crippen LogP contribution in [0.2, 0.25) is 0 Å². The molecule has 2 atom stereocenters. The van der Waals surface area contributed by atoms with E-state index in [0.29, 0.717) is 18.5 Å². The van der Waals surface area contributed by atoms with Gasteiger partial charge in [-0.15, -0.1) is 0 Å². The SMILES string of the molecule is CN1C(CCc2ccccc2)CCC[C@@H]1CC(=O)c1ccccc1. The van der Waals surface area contributed by atoms with Crippen molar-refractivity contribution in [3.05, 3.63) is 71.8 Å². The molecule has 0 N–H and O–H groups in total. The smallest absolute Gasteiger partial charge is 0.164 e. The number of aryl methyl sites for hydroxylation is 1. The van der Waals surface area contributed by atoms with Crippen molar-refractivity contribution in [2.24, 2.45) is 0 Å².